The molecule has 0 spiro atoms. The number of ether oxygens (including phenoxy) is 1. The average molecular weight is 331 g/mol. The van der Waals surface area contributed by atoms with Crippen LogP contribution < -0.4 is 4.74 Å². The highest BCUT2D eigenvalue weighted by molar-refractivity contribution is 5.75. The van der Waals surface area contributed by atoms with E-state index in [0.29, 0.717) is 11.7 Å². The number of hydrogen-bond acceptors (Lipinski definition) is 2. The summed E-state index contributed by atoms with van der Waals surface area (Å²) in [5, 5.41) is 0. The molecule has 0 radical (unpaired) electrons. The zero-order valence-corrected chi connectivity index (χ0v) is 15.7. The zero-order chi connectivity index (χ0) is 17.4. The van der Waals surface area contributed by atoms with Crippen molar-refractivity contribution in [2.24, 2.45) is 17.8 Å². The molecule has 134 valence electrons. The first-order valence-electron chi connectivity index (χ1n) is 9.94. The predicted octanol–water partition coefficient (Wildman–Crippen LogP) is 6.18. The molecule has 0 unspecified atom stereocenters. The van der Waals surface area contributed by atoms with E-state index in [1.807, 2.05) is 12.1 Å². The molecule has 0 heterocycles. The summed E-state index contributed by atoms with van der Waals surface area (Å²) in [7, 11) is 0. The van der Waals surface area contributed by atoms with Gasteiger partial charge < -0.3 is 4.74 Å². The lowest BCUT2D eigenvalue weighted by Gasteiger charge is -2.32. The Hall–Kier alpha value is -1.31. The van der Waals surface area contributed by atoms with Gasteiger partial charge in [0.1, 0.15) is 5.75 Å². The van der Waals surface area contributed by atoms with Crippen LogP contribution in [-0.2, 0) is 11.2 Å². The van der Waals surface area contributed by atoms with E-state index in [1.54, 1.807) is 0 Å². The molecule has 2 heteroatoms. The van der Waals surface area contributed by atoms with Gasteiger partial charge in [0.05, 0.1) is 5.92 Å². The Morgan fingerprint density at radius 3 is 2.46 bits per heavy atom. The Balaban J connectivity index is 1.82. The van der Waals surface area contributed by atoms with Crippen molar-refractivity contribution in [3.05, 3.63) is 29.8 Å². The summed E-state index contributed by atoms with van der Waals surface area (Å²) in [6.45, 7) is 6.65. The second-order valence-electron chi connectivity index (χ2n) is 7.57. The molecule has 0 aromatic heterocycles. The summed E-state index contributed by atoms with van der Waals surface area (Å²) >= 11 is 0. The second-order valence-corrected chi connectivity index (χ2v) is 7.57. The molecule has 1 fully saturated rings. The van der Waals surface area contributed by atoms with Gasteiger partial charge in [0.25, 0.3) is 0 Å². The molecule has 1 aromatic rings. The number of aryl methyl sites for hydroxylation is 1. The van der Waals surface area contributed by atoms with Crippen LogP contribution in [0.5, 0.6) is 5.75 Å². The Kier molecular flexibility index (Phi) is 7.81. The van der Waals surface area contributed by atoms with Crippen LogP contribution >= 0.6 is 0 Å². The van der Waals surface area contributed by atoms with Crippen molar-refractivity contribution in [2.75, 3.05) is 0 Å². The average Bonchev–Trinajstić information content (AvgIpc) is 2.57. The summed E-state index contributed by atoms with van der Waals surface area (Å²) in [6.07, 6.45) is 10.9. The molecule has 0 saturated heterocycles. The third-order valence-electron chi connectivity index (χ3n) is 5.48. The number of esters is 1. The maximum absolute atomic E-state index is 12.5. The van der Waals surface area contributed by atoms with Gasteiger partial charge in [-0.3, -0.25) is 4.79 Å². The van der Waals surface area contributed by atoms with E-state index in [9.17, 15) is 4.79 Å². The van der Waals surface area contributed by atoms with Gasteiger partial charge in [-0.15, -0.1) is 0 Å². The van der Waals surface area contributed by atoms with Gasteiger partial charge in [-0.2, -0.15) is 0 Å². The van der Waals surface area contributed by atoms with Crippen LogP contribution in [0.15, 0.2) is 24.3 Å². The van der Waals surface area contributed by atoms with Crippen molar-refractivity contribution in [3.8, 4) is 5.75 Å². The third-order valence-corrected chi connectivity index (χ3v) is 5.48. The molecule has 1 aromatic carbocycles. The first kappa shape index (κ1) is 19.0. The lowest BCUT2D eigenvalue weighted by molar-refractivity contribution is -0.142. The summed E-state index contributed by atoms with van der Waals surface area (Å²) in [5.41, 5.74) is 1.30. The van der Waals surface area contributed by atoms with Crippen LogP contribution in [0.4, 0.5) is 0 Å². The standard InChI is InChI=1S/C22H34O2/c1-4-6-7-9-19-12-15-21(17(3)16-19)22(23)24-20-13-10-18(8-5-2)11-14-20/h10-11,13-14,17,19,21H,4-9,12,15-16H2,1-3H3/t17-,19+,21-/m1/s1. The van der Waals surface area contributed by atoms with Crippen LogP contribution in [0.2, 0.25) is 0 Å². The van der Waals surface area contributed by atoms with Gasteiger partial charge in [-0.1, -0.05) is 65.0 Å². The predicted molar refractivity (Wildman–Crippen MR) is 100 cm³/mol. The summed E-state index contributed by atoms with van der Waals surface area (Å²) in [5.74, 6) is 1.98. The molecule has 0 N–H and O–H groups in total. The van der Waals surface area contributed by atoms with Crippen molar-refractivity contribution in [3.63, 3.8) is 0 Å². The minimum atomic E-state index is -0.0299. The fourth-order valence-electron chi connectivity index (χ4n) is 4.01. The maximum atomic E-state index is 12.5. The Morgan fingerprint density at radius 1 is 1.08 bits per heavy atom. The van der Waals surface area contributed by atoms with Gasteiger partial charge in [0.15, 0.2) is 0 Å². The van der Waals surface area contributed by atoms with Gasteiger partial charge >= 0.3 is 5.97 Å². The molecule has 1 aliphatic rings. The fourth-order valence-corrected chi connectivity index (χ4v) is 4.01. The molecule has 1 aliphatic carbocycles. The molecule has 0 bridgehead atoms. The van der Waals surface area contributed by atoms with Gasteiger partial charge in [-0.05, 0) is 55.2 Å². The van der Waals surface area contributed by atoms with Crippen molar-refractivity contribution in [2.45, 2.75) is 78.6 Å². The number of benzene rings is 1. The highest BCUT2D eigenvalue weighted by Crippen LogP contribution is 2.37. The van der Waals surface area contributed by atoms with E-state index in [1.165, 1.54) is 44.1 Å². The molecule has 3 atom stereocenters. The van der Waals surface area contributed by atoms with E-state index < -0.39 is 0 Å². The van der Waals surface area contributed by atoms with Crippen LogP contribution in [0.25, 0.3) is 0 Å². The van der Waals surface area contributed by atoms with Crippen LogP contribution in [0.1, 0.15) is 77.7 Å². The second kappa shape index (κ2) is 9.86. The highest BCUT2D eigenvalue weighted by Gasteiger charge is 2.33. The minimum absolute atomic E-state index is 0.0299. The number of rotatable bonds is 8. The van der Waals surface area contributed by atoms with Gasteiger partial charge in [0.2, 0.25) is 0 Å². The smallest absolute Gasteiger partial charge is 0.314 e. The quantitative estimate of drug-likeness (QED) is 0.323. The Labute approximate surface area is 148 Å². The third kappa shape index (κ3) is 5.65. The Bertz CT molecular complexity index is 491. The molecule has 1 saturated carbocycles. The van der Waals surface area contributed by atoms with E-state index in [4.69, 9.17) is 4.74 Å². The van der Waals surface area contributed by atoms with Crippen molar-refractivity contribution in [1.82, 2.24) is 0 Å². The fraction of sp³-hybridized carbons (Fsp3) is 0.682. The number of carbonyl (C=O) groups is 1. The maximum Gasteiger partial charge on any atom is 0.314 e. The van der Waals surface area contributed by atoms with E-state index in [2.05, 4.69) is 32.9 Å². The highest BCUT2D eigenvalue weighted by atomic mass is 16.5. The van der Waals surface area contributed by atoms with Crippen LogP contribution in [0, 0.1) is 17.8 Å². The zero-order valence-electron chi connectivity index (χ0n) is 15.7. The topological polar surface area (TPSA) is 26.3 Å². The van der Waals surface area contributed by atoms with Gasteiger partial charge in [-0.25, -0.2) is 0 Å². The Morgan fingerprint density at radius 2 is 1.83 bits per heavy atom. The normalized spacial score (nSPS) is 23.9. The minimum Gasteiger partial charge on any atom is -0.426 e. The van der Waals surface area contributed by atoms with E-state index in [0.717, 1.165) is 25.2 Å². The van der Waals surface area contributed by atoms with Crippen LogP contribution in [-0.4, -0.2) is 5.97 Å². The molecule has 0 aliphatic heterocycles. The largest absolute Gasteiger partial charge is 0.426 e. The van der Waals surface area contributed by atoms with E-state index in [-0.39, 0.29) is 11.9 Å². The molecular weight excluding hydrogens is 296 g/mol. The molecular formula is C22H34O2. The number of carbonyl (C=O) groups excluding carboxylic acids is 1. The summed E-state index contributed by atoms with van der Waals surface area (Å²) < 4.78 is 5.65. The van der Waals surface area contributed by atoms with Gasteiger partial charge in [0, 0.05) is 0 Å². The lowest BCUT2D eigenvalue weighted by atomic mass is 9.73. The SMILES string of the molecule is CCCCC[C@H]1CC[C@@H](C(=O)Oc2ccc(CCC)cc2)[C@H](C)C1. The lowest BCUT2D eigenvalue weighted by Crippen LogP contribution is -2.32. The van der Waals surface area contributed by atoms with E-state index >= 15 is 0 Å². The van der Waals surface area contributed by atoms with Crippen molar-refractivity contribution in [1.29, 1.82) is 0 Å². The first-order chi connectivity index (χ1) is 11.6. The van der Waals surface area contributed by atoms with Crippen molar-refractivity contribution >= 4 is 5.97 Å². The molecule has 0 amide bonds. The molecule has 24 heavy (non-hydrogen) atoms. The summed E-state index contributed by atoms with van der Waals surface area (Å²) in [4.78, 5) is 12.5. The number of unbranched alkanes of at least 4 members (excludes halogenated alkanes) is 2. The summed E-state index contributed by atoms with van der Waals surface area (Å²) in [6, 6.07) is 8.01. The monoisotopic (exact) mass is 330 g/mol. The number of hydrogen-bond donors (Lipinski definition) is 0. The van der Waals surface area contributed by atoms with Crippen LogP contribution in [0.3, 0.4) is 0 Å². The molecule has 2 rings (SSSR count). The molecule has 2 nitrogen and oxygen atoms in total. The first-order valence-corrected chi connectivity index (χ1v) is 9.94. The van der Waals surface area contributed by atoms with Crippen molar-refractivity contribution < 1.29 is 9.53 Å².